The lowest BCUT2D eigenvalue weighted by Gasteiger charge is -2.35. The third-order valence-corrected chi connectivity index (χ3v) is 3.88. The molecule has 1 aromatic carbocycles. The van der Waals surface area contributed by atoms with Crippen molar-refractivity contribution in [3.05, 3.63) is 42.7 Å². The fourth-order valence-corrected chi connectivity index (χ4v) is 2.98. The smallest absolute Gasteiger partial charge is 0.0678 e. The molecule has 2 heterocycles. The molecule has 0 spiro atoms. The third kappa shape index (κ3) is 3.71. The molecule has 0 amide bonds. The average molecular weight is 285 g/mol. The van der Waals surface area contributed by atoms with Crippen molar-refractivity contribution in [1.82, 2.24) is 14.7 Å². The standard InChI is InChI=1S/C17H23N3O/c1-14-11-19(12-15(2)21-14)8-9-20-13-17(10-18-20)16-6-4-3-5-7-16/h3-7,10,13-15H,8-9,11-12H2,1-2H3/t14-,15-/m1/s1. The van der Waals surface area contributed by atoms with Crippen molar-refractivity contribution in [3.63, 3.8) is 0 Å². The monoisotopic (exact) mass is 285 g/mol. The normalized spacial score (nSPS) is 23.3. The number of aromatic nitrogens is 2. The highest BCUT2D eigenvalue weighted by atomic mass is 16.5. The summed E-state index contributed by atoms with van der Waals surface area (Å²) in [5.74, 6) is 0. The number of benzene rings is 1. The molecule has 1 saturated heterocycles. The Balaban J connectivity index is 1.58. The molecule has 1 aromatic heterocycles. The number of ether oxygens (including phenoxy) is 1. The molecule has 21 heavy (non-hydrogen) atoms. The number of morpholine rings is 1. The van der Waals surface area contributed by atoms with Crippen LogP contribution in [0.4, 0.5) is 0 Å². The molecule has 0 unspecified atom stereocenters. The van der Waals surface area contributed by atoms with Gasteiger partial charge in [-0.3, -0.25) is 9.58 Å². The first kappa shape index (κ1) is 14.3. The van der Waals surface area contributed by atoms with Gasteiger partial charge in [0.1, 0.15) is 0 Å². The van der Waals surface area contributed by atoms with Crippen molar-refractivity contribution in [2.24, 2.45) is 0 Å². The second-order valence-electron chi connectivity index (χ2n) is 5.88. The maximum atomic E-state index is 5.77. The van der Waals surface area contributed by atoms with Gasteiger partial charge in [0.15, 0.2) is 0 Å². The summed E-state index contributed by atoms with van der Waals surface area (Å²) in [6.07, 6.45) is 4.72. The lowest BCUT2D eigenvalue weighted by atomic mass is 10.1. The lowest BCUT2D eigenvalue weighted by molar-refractivity contribution is -0.0687. The maximum absolute atomic E-state index is 5.77. The van der Waals surface area contributed by atoms with Gasteiger partial charge in [0.05, 0.1) is 24.9 Å². The van der Waals surface area contributed by atoms with E-state index in [1.54, 1.807) is 0 Å². The van der Waals surface area contributed by atoms with E-state index in [0.717, 1.165) is 26.2 Å². The van der Waals surface area contributed by atoms with Gasteiger partial charge in [0, 0.05) is 31.4 Å². The van der Waals surface area contributed by atoms with E-state index in [0.29, 0.717) is 12.2 Å². The van der Waals surface area contributed by atoms with Crippen molar-refractivity contribution in [1.29, 1.82) is 0 Å². The SMILES string of the molecule is C[C@@H]1CN(CCn2cc(-c3ccccc3)cn2)C[C@@H](C)O1. The van der Waals surface area contributed by atoms with Crippen LogP contribution in [0.15, 0.2) is 42.7 Å². The molecule has 4 nitrogen and oxygen atoms in total. The van der Waals surface area contributed by atoms with Crippen molar-refractivity contribution in [3.8, 4) is 11.1 Å². The van der Waals surface area contributed by atoms with Crippen LogP contribution in [-0.4, -0.2) is 46.5 Å². The Labute approximate surface area is 126 Å². The van der Waals surface area contributed by atoms with E-state index in [4.69, 9.17) is 4.74 Å². The van der Waals surface area contributed by atoms with Gasteiger partial charge in [-0.05, 0) is 19.4 Å². The van der Waals surface area contributed by atoms with Gasteiger partial charge in [-0.2, -0.15) is 5.10 Å². The molecule has 0 N–H and O–H groups in total. The van der Waals surface area contributed by atoms with E-state index in [1.165, 1.54) is 11.1 Å². The topological polar surface area (TPSA) is 30.3 Å². The van der Waals surface area contributed by atoms with Crippen molar-refractivity contribution in [2.75, 3.05) is 19.6 Å². The molecule has 1 aliphatic rings. The highest BCUT2D eigenvalue weighted by Gasteiger charge is 2.21. The van der Waals surface area contributed by atoms with Gasteiger partial charge >= 0.3 is 0 Å². The van der Waals surface area contributed by atoms with Gasteiger partial charge in [-0.25, -0.2) is 0 Å². The van der Waals surface area contributed by atoms with Crippen molar-refractivity contribution < 1.29 is 4.74 Å². The fraction of sp³-hybridized carbons (Fsp3) is 0.471. The Morgan fingerprint density at radius 1 is 1.05 bits per heavy atom. The molecule has 0 aliphatic carbocycles. The largest absolute Gasteiger partial charge is 0.373 e. The van der Waals surface area contributed by atoms with Gasteiger partial charge in [0.25, 0.3) is 0 Å². The van der Waals surface area contributed by atoms with Crippen LogP contribution in [0.25, 0.3) is 11.1 Å². The molecule has 0 bridgehead atoms. The number of hydrogen-bond donors (Lipinski definition) is 0. The van der Waals surface area contributed by atoms with E-state index < -0.39 is 0 Å². The predicted molar refractivity (Wildman–Crippen MR) is 84.1 cm³/mol. The van der Waals surface area contributed by atoms with Crippen LogP contribution in [0.1, 0.15) is 13.8 Å². The Hall–Kier alpha value is -1.65. The summed E-state index contributed by atoms with van der Waals surface area (Å²) in [5, 5.41) is 4.47. The van der Waals surface area contributed by atoms with Crippen LogP contribution >= 0.6 is 0 Å². The van der Waals surface area contributed by atoms with Crippen LogP contribution in [0.5, 0.6) is 0 Å². The van der Waals surface area contributed by atoms with Crippen LogP contribution < -0.4 is 0 Å². The van der Waals surface area contributed by atoms with Gasteiger partial charge < -0.3 is 4.74 Å². The second-order valence-corrected chi connectivity index (χ2v) is 5.88. The molecule has 1 fully saturated rings. The van der Waals surface area contributed by atoms with E-state index in [2.05, 4.69) is 54.3 Å². The van der Waals surface area contributed by atoms with Gasteiger partial charge in [0.2, 0.25) is 0 Å². The fourth-order valence-electron chi connectivity index (χ4n) is 2.98. The molecule has 1 aliphatic heterocycles. The molecule has 2 aromatic rings. The van der Waals surface area contributed by atoms with Crippen LogP contribution in [0.3, 0.4) is 0 Å². The summed E-state index contributed by atoms with van der Waals surface area (Å²) in [6.45, 7) is 8.25. The number of hydrogen-bond acceptors (Lipinski definition) is 3. The number of rotatable bonds is 4. The summed E-state index contributed by atoms with van der Waals surface area (Å²) in [7, 11) is 0. The minimum Gasteiger partial charge on any atom is -0.373 e. The Morgan fingerprint density at radius 3 is 2.48 bits per heavy atom. The molecule has 2 atom stereocenters. The molecule has 4 heteroatoms. The maximum Gasteiger partial charge on any atom is 0.0678 e. The van der Waals surface area contributed by atoms with E-state index in [1.807, 2.05) is 16.9 Å². The molecule has 0 radical (unpaired) electrons. The molecular formula is C17H23N3O. The van der Waals surface area contributed by atoms with E-state index in [9.17, 15) is 0 Å². The molecule has 112 valence electrons. The van der Waals surface area contributed by atoms with Gasteiger partial charge in [-0.15, -0.1) is 0 Å². The zero-order valence-electron chi connectivity index (χ0n) is 12.8. The summed E-state index contributed by atoms with van der Waals surface area (Å²) in [5.41, 5.74) is 2.40. The summed E-state index contributed by atoms with van der Waals surface area (Å²) < 4.78 is 7.80. The Kier molecular flexibility index (Phi) is 4.36. The van der Waals surface area contributed by atoms with Crippen LogP contribution in [0.2, 0.25) is 0 Å². The molecule has 0 saturated carbocycles. The molecular weight excluding hydrogens is 262 g/mol. The summed E-state index contributed by atoms with van der Waals surface area (Å²) in [6, 6.07) is 10.4. The third-order valence-electron chi connectivity index (χ3n) is 3.88. The lowest BCUT2D eigenvalue weighted by Crippen LogP contribution is -2.46. The Morgan fingerprint density at radius 2 is 1.76 bits per heavy atom. The average Bonchev–Trinajstić information content (AvgIpc) is 2.94. The zero-order valence-corrected chi connectivity index (χ0v) is 12.8. The molecule has 3 rings (SSSR count). The number of nitrogens with zero attached hydrogens (tertiary/aromatic N) is 3. The first-order valence-corrected chi connectivity index (χ1v) is 7.66. The highest BCUT2D eigenvalue weighted by molar-refractivity contribution is 5.61. The Bertz CT molecular complexity index is 556. The second kappa shape index (κ2) is 6.41. The van der Waals surface area contributed by atoms with E-state index >= 15 is 0 Å². The van der Waals surface area contributed by atoms with Gasteiger partial charge in [-0.1, -0.05) is 30.3 Å². The van der Waals surface area contributed by atoms with Crippen molar-refractivity contribution >= 4 is 0 Å². The summed E-state index contributed by atoms with van der Waals surface area (Å²) in [4.78, 5) is 2.46. The minimum atomic E-state index is 0.325. The highest BCUT2D eigenvalue weighted by Crippen LogP contribution is 2.17. The first-order chi connectivity index (χ1) is 10.2. The minimum absolute atomic E-state index is 0.325. The predicted octanol–water partition coefficient (Wildman–Crippen LogP) is 2.66. The quantitative estimate of drug-likeness (QED) is 0.865. The first-order valence-electron chi connectivity index (χ1n) is 7.66. The van der Waals surface area contributed by atoms with Crippen LogP contribution in [-0.2, 0) is 11.3 Å². The van der Waals surface area contributed by atoms with Crippen LogP contribution in [0, 0.1) is 0 Å². The van der Waals surface area contributed by atoms with Crippen molar-refractivity contribution in [2.45, 2.75) is 32.6 Å². The summed E-state index contributed by atoms with van der Waals surface area (Å²) >= 11 is 0. The zero-order chi connectivity index (χ0) is 14.7. The van der Waals surface area contributed by atoms with E-state index in [-0.39, 0.29) is 0 Å².